The molecule has 0 amide bonds. The second kappa shape index (κ2) is 7.04. The molecule has 0 atom stereocenters. The van der Waals surface area contributed by atoms with Gasteiger partial charge in [0.2, 0.25) is 0 Å². The summed E-state index contributed by atoms with van der Waals surface area (Å²) in [6.45, 7) is 4.87. The highest BCUT2D eigenvalue weighted by Gasteiger charge is 2.29. The number of methoxy groups -OCH3 is 1. The molecule has 0 unspecified atom stereocenters. The number of para-hydroxylation sites is 1. The molecule has 0 spiro atoms. The van der Waals surface area contributed by atoms with Crippen molar-refractivity contribution >= 4 is 21.6 Å². The van der Waals surface area contributed by atoms with Crippen molar-refractivity contribution in [3.05, 3.63) is 48.0 Å². The Hall–Kier alpha value is -2.01. The number of benzene rings is 2. The number of fused-ring (bicyclic) bond motifs is 1. The van der Waals surface area contributed by atoms with Crippen molar-refractivity contribution < 1.29 is 13.5 Å². The van der Waals surface area contributed by atoms with Gasteiger partial charge in [0.05, 0.1) is 22.9 Å². The van der Waals surface area contributed by atoms with Gasteiger partial charge in [-0.25, -0.2) is 13.8 Å². The molecule has 2 nitrogen and oxygen atoms in total. The van der Waals surface area contributed by atoms with E-state index in [1.807, 2.05) is 38.1 Å². The van der Waals surface area contributed by atoms with Crippen LogP contribution in [0.25, 0.3) is 20.8 Å². The Morgan fingerprint density at radius 1 is 1.09 bits per heavy atom. The third-order valence-electron chi connectivity index (χ3n) is 3.21. The molecule has 0 radical (unpaired) electrons. The van der Waals surface area contributed by atoms with Crippen molar-refractivity contribution in [1.82, 2.24) is 4.98 Å². The minimum atomic E-state index is -2.96. The molecular weight excluding hydrogens is 316 g/mol. The number of hydrogen-bond donors (Lipinski definition) is 0. The van der Waals surface area contributed by atoms with Crippen LogP contribution in [0.4, 0.5) is 8.78 Å². The molecule has 0 fully saturated rings. The Labute approximate surface area is 138 Å². The maximum Gasteiger partial charge on any atom is 0.274 e. The predicted octanol–water partition coefficient (Wildman–Crippen LogP) is 6.11. The Balaban J connectivity index is 0.000000924. The monoisotopic (exact) mass is 335 g/mol. The van der Waals surface area contributed by atoms with Crippen LogP contribution in [0, 0.1) is 0 Å². The van der Waals surface area contributed by atoms with E-state index in [9.17, 15) is 8.78 Å². The number of aromatic nitrogens is 1. The Kier molecular flexibility index (Phi) is 5.31. The lowest BCUT2D eigenvalue weighted by Crippen LogP contribution is -2.09. The second-order valence-electron chi connectivity index (χ2n) is 4.79. The first-order valence-corrected chi connectivity index (χ1v) is 8.23. The summed E-state index contributed by atoms with van der Waals surface area (Å²) in [4.78, 5) is 4.49. The largest absolute Gasteiger partial charge is 0.496 e. The highest BCUT2D eigenvalue weighted by Crippen LogP contribution is 2.38. The number of thiazole rings is 1. The zero-order chi connectivity index (χ0) is 17.0. The van der Waals surface area contributed by atoms with E-state index in [-0.39, 0.29) is 11.3 Å². The molecule has 0 aliphatic carbocycles. The number of nitrogens with zero attached hydrogens (tertiary/aromatic N) is 1. The first-order chi connectivity index (χ1) is 11.0. The van der Waals surface area contributed by atoms with Gasteiger partial charge in [-0.05, 0) is 30.3 Å². The molecule has 23 heavy (non-hydrogen) atoms. The summed E-state index contributed by atoms with van der Waals surface area (Å²) in [5.74, 6) is -2.77. The fourth-order valence-corrected chi connectivity index (χ4v) is 3.14. The van der Waals surface area contributed by atoms with E-state index in [0.29, 0.717) is 5.56 Å². The molecule has 3 rings (SSSR count). The van der Waals surface area contributed by atoms with Crippen LogP contribution in [0.3, 0.4) is 0 Å². The lowest BCUT2D eigenvalue weighted by atomic mass is 10.1. The summed E-state index contributed by atoms with van der Waals surface area (Å²) < 4.78 is 33.5. The SMILES string of the molecule is CC.COc1ccc(-c2nc3ccccc3s2)cc1C(C)(F)F. The standard InChI is InChI=1S/C16H13F2NOS.C2H6/c1-16(17,18)11-9-10(7-8-13(11)20-2)15-19-12-5-3-4-6-14(12)21-15;1-2/h3-9H,1-2H3;1-2H3. The van der Waals surface area contributed by atoms with Crippen LogP contribution in [-0.2, 0) is 5.92 Å². The van der Waals surface area contributed by atoms with Crippen LogP contribution in [0.15, 0.2) is 42.5 Å². The Morgan fingerprint density at radius 2 is 1.78 bits per heavy atom. The minimum absolute atomic E-state index is 0.123. The molecule has 2 aromatic carbocycles. The van der Waals surface area contributed by atoms with E-state index >= 15 is 0 Å². The van der Waals surface area contributed by atoms with Crippen LogP contribution in [0.1, 0.15) is 26.3 Å². The molecule has 122 valence electrons. The molecule has 0 aliphatic rings. The predicted molar refractivity (Wildman–Crippen MR) is 92.5 cm³/mol. The van der Waals surface area contributed by atoms with Crippen LogP contribution < -0.4 is 4.74 Å². The summed E-state index contributed by atoms with van der Waals surface area (Å²) in [6, 6.07) is 12.5. The minimum Gasteiger partial charge on any atom is -0.496 e. The van der Waals surface area contributed by atoms with Gasteiger partial charge in [-0.2, -0.15) is 0 Å². The third kappa shape index (κ3) is 3.67. The van der Waals surface area contributed by atoms with Gasteiger partial charge in [-0.15, -0.1) is 11.3 Å². The molecule has 1 aromatic heterocycles. The fraction of sp³-hybridized carbons (Fsp3) is 0.278. The first kappa shape index (κ1) is 17.3. The number of halogens is 2. The average molecular weight is 335 g/mol. The maximum absolute atomic E-state index is 13.7. The number of hydrogen-bond acceptors (Lipinski definition) is 3. The van der Waals surface area contributed by atoms with E-state index < -0.39 is 5.92 Å². The first-order valence-electron chi connectivity index (χ1n) is 7.41. The van der Waals surface area contributed by atoms with Crippen molar-refractivity contribution in [2.75, 3.05) is 7.11 Å². The van der Waals surface area contributed by atoms with Gasteiger partial charge < -0.3 is 4.74 Å². The molecule has 0 bridgehead atoms. The molecule has 0 saturated carbocycles. The number of alkyl halides is 2. The quantitative estimate of drug-likeness (QED) is 0.576. The Morgan fingerprint density at radius 3 is 2.39 bits per heavy atom. The van der Waals surface area contributed by atoms with E-state index in [1.165, 1.54) is 24.5 Å². The second-order valence-corrected chi connectivity index (χ2v) is 5.82. The molecule has 0 aliphatic heterocycles. The van der Waals surface area contributed by atoms with Crippen LogP contribution in [0.5, 0.6) is 5.75 Å². The van der Waals surface area contributed by atoms with Gasteiger partial charge in [0.25, 0.3) is 5.92 Å². The number of ether oxygens (including phenoxy) is 1. The fourth-order valence-electron chi connectivity index (χ4n) is 2.18. The lowest BCUT2D eigenvalue weighted by molar-refractivity contribution is 0.0151. The van der Waals surface area contributed by atoms with Gasteiger partial charge in [-0.1, -0.05) is 26.0 Å². The summed E-state index contributed by atoms with van der Waals surface area (Å²) in [5, 5.41) is 0.726. The smallest absolute Gasteiger partial charge is 0.274 e. The van der Waals surface area contributed by atoms with Gasteiger partial charge in [0.1, 0.15) is 10.8 Å². The summed E-state index contributed by atoms with van der Waals surface area (Å²) in [7, 11) is 1.39. The van der Waals surface area contributed by atoms with Crippen LogP contribution in [0.2, 0.25) is 0 Å². The topological polar surface area (TPSA) is 22.1 Å². The summed E-state index contributed by atoms with van der Waals surface area (Å²) in [6.07, 6.45) is 0. The number of rotatable bonds is 3. The average Bonchev–Trinajstić information content (AvgIpc) is 2.99. The molecule has 0 N–H and O–H groups in total. The van der Waals surface area contributed by atoms with E-state index in [0.717, 1.165) is 22.1 Å². The van der Waals surface area contributed by atoms with Crippen LogP contribution >= 0.6 is 11.3 Å². The lowest BCUT2D eigenvalue weighted by Gasteiger charge is -2.15. The van der Waals surface area contributed by atoms with Crippen molar-refractivity contribution in [2.24, 2.45) is 0 Å². The highest BCUT2D eigenvalue weighted by atomic mass is 32.1. The maximum atomic E-state index is 13.7. The Bertz CT molecular complexity index is 760. The van der Waals surface area contributed by atoms with Gasteiger partial charge in [-0.3, -0.25) is 0 Å². The third-order valence-corrected chi connectivity index (χ3v) is 4.30. The zero-order valence-electron chi connectivity index (χ0n) is 13.6. The van der Waals surface area contributed by atoms with Crippen molar-refractivity contribution in [2.45, 2.75) is 26.7 Å². The van der Waals surface area contributed by atoms with Gasteiger partial charge >= 0.3 is 0 Å². The van der Waals surface area contributed by atoms with E-state index in [4.69, 9.17) is 4.74 Å². The van der Waals surface area contributed by atoms with Crippen molar-refractivity contribution in [1.29, 1.82) is 0 Å². The normalized spacial score (nSPS) is 11.0. The zero-order valence-corrected chi connectivity index (χ0v) is 14.4. The van der Waals surface area contributed by atoms with Crippen molar-refractivity contribution in [3.63, 3.8) is 0 Å². The molecule has 1 heterocycles. The van der Waals surface area contributed by atoms with Gasteiger partial charge in [0.15, 0.2) is 0 Å². The van der Waals surface area contributed by atoms with Crippen LogP contribution in [-0.4, -0.2) is 12.1 Å². The van der Waals surface area contributed by atoms with E-state index in [2.05, 4.69) is 4.98 Å². The van der Waals surface area contributed by atoms with Crippen molar-refractivity contribution in [3.8, 4) is 16.3 Å². The molecule has 0 saturated heterocycles. The van der Waals surface area contributed by atoms with Gasteiger partial charge in [0, 0.05) is 12.5 Å². The summed E-state index contributed by atoms with van der Waals surface area (Å²) >= 11 is 1.49. The van der Waals surface area contributed by atoms with E-state index in [1.54, 1.807) is 12.1 Å². The molecule has 5 heteroatoms. The summed E-state index contributed by atoms with van der Waals surface area (Å²) in [5.41, 5.74) is 1.42. The highest BCUT2D eigenvalue weighted by molar-refractivity contribution is 7.21. The molecule has 3 aromatic rings. The molecular formula is C18H19F2NOS.